The standard InChI is InChI=1S/C59H104O6/c1-4-7-10-13-16-19-22-25-28-29-32-34-37-40-43-46-49-52-58(61)64-55-56(65-59(62)53-50-47-44-41-38-35-31-27-24-21-18-15-12-9-6-3)54-63-57(60)51-48-45-42-39-36-33-30-26-23-20-17-14-11-8-5-2/h9,12,15,18,21,24,27,31,35,38,56H,4-8,10-11,13-14,16-17,19-20,22-23,25-26,28-30,32-34,36-37,39-55H2,1-3H3/b12-9-,18-15-,24-21-,31-27-,38-35-. The summed E-state index contributed by atoms with van der Waals surface area (Å²) in [5, 5.41) is 0. The molecule has 0 radical (unpaired) electrons. The Morgan fingerprint density at radius 1 is 0.323 bits per heavy atom. The zero-order valence-electron chi connectivity index (χ0n) is 43.0. The first kappa shape index (κ1) is 62.1. The normalized spacial score (nSPS) is 12.5. The average Bonchev–Trinajstić information content (AvgIpc) is 3.30. The van der Waals surface area contributed by atoms with Crippen molar-refractivity contribution in [1.29, 1.82) is 0 Å². The molecule has 6 nitrogen and oxygen atoms in total. The fraction of sp³-hybridized carbons (Fsp3) is 0.780. The van der Waals surface area contributed by atoms with Gasteiger partial charge in [0.1, 0.15) is 13.2 Å². The molecule has 0 aromatic carbocycles. The molecular weight excluding hydrogens is 805 g/mol. The van der Waals surface area contributed by atoms with Crippen molar-refractivity contribution in [2.75, 3.05) is 13.2 Å². The second-order valence-corrected chi connectivity index (χ2v) is 18.6. The van der Waals surface area contributed by atoms with E-state index in [4.69, 9.17) is 14.2 Å². The molecule has 65 heavy (non-hydrogen) atoms. The van der Waals surface area contributed by atoms with Crippen LogP contribution in [0, 0.1) is 0 Å². The van der Waals surface area contributed by atoms with Crippen molar-refractivity contribution in [2.24, 2.45) is 0 Å². The third-order valence-electron chi connectivity index (χ3n) is 12.2. The van der Waals surface area contributed by atoms with Crippen molar-refractivity contribution in [3.63, 3.8) is 0 Å². The van der Waals surface area contributed by atoms with Gasteiger partial charge in [0.25, 0.3) is 0 Å². The maximum atomic E-state index is 12.8. The summed E-state index contributed by atoms with van der Waals surface area (Å²) in [6.45, 7) is 6.49. The maximum absolute atomic E-state index is 12.8. The van der Waals surface area contributed by atoms with Gasteiger partial charge >= 0.3 is 17.9 Å². The van der Waals surface area contributed by atoms with Gasteiger partial charge in [-0.2, -0.15) is 0 Å². The summed E-state index contributed by atoms with van der Waals surface area (Å²) in [5.74, 6) is -0.917. The van der Waals surface area contributed by atoms with Crippen LogP contribution in [0.2, 0.25) is 0 Å². The Hall–Kier alpha value is -2.89. The lowest BCUT2D eigenvalue weighted by Gasteiger charge is -2.18. The highest BCUT2D eigenvalue weighted by Crippen LogP contribution is 2.17. The summed E-state index contributed by atoms with van der Waals surface area (Å²) in [6.07, 6.45) is 66.4. The highest BCUT2D eigenvalue weighted by atomic mass is 16.6. The first-order valence-corrected chi connectivity index (χ1v) is 27.9. The molecule has 0 aromatic rings. The van der Waals surface area contributed by atoms with E-state index in [-0.39, 0.29) is 37.5 Å². The molecule has 376 valence electrons. The highest BCUT2D eigenvalue weighted by molar-refractivity contribution is 5.71. The molecule has 0 aliphatic rings. The molecule has 0 saturated heterocycles. The van der Waals surface area contributed by atoms with Gasteiger partial charge in [0, 0.05) is 19.3 Å². The van der Waals surface area contributed by atoms with Crippen LogP contribution in [-0.2, 0) is 28.6 Å². The molecule has 0 rings (SSSR count). The van der Waals surface area contributed by atoms with Crippen molar-refractivity contribution >= 4 is 17.9 Å². The summed E-state index contributed by atoms with van der Waals surface area (Å²) < 4.78 is 16.8. The lowest BCUT2D eigenvalue weighted by atomic mass is 10.0. The molecule has 0 spiro atoms. The number of esters is 3. The van der Waals surface area contributed by atoms with Gasteiger partial charge in [0.2, 0.25) is 0 Å². The predicted octanol–water partition coefficient (Wildman–Crippen LogP) is 18.4. The molecule has 0 aliphatic carbocycles. The van der Waals surface area contributed by atoms with Crippen molar-refractivity contribution in [2.45, 2.75) is 284 Å². The Morgan fingerprint density at radius 3 is 0.938 bits per heavy atom. The fourth-order valence-corrected chi connectivity index (χ4v) is 7.99. The summed E-state index contributed by atoms with van der Waals surface area (Å²) in [5.41, 5.74) is 0. The van der Waals surface area contributed by atoms with Gasteiger partial charge in [-0.3, -0.25) is 14.4 Å². The molecule has 6 heteroatoms. The monoisotopic (exact) mass is 909 g/mol. The maximum Gasteiger partial charge on any atom is 0.306 e. The van der Waals surface area contributed by atoms with Gasteiger partial charge in [0.05, 0.1) is 0 Å². The van der Waals surface area contributed by atoms with E-state index in [2.05, 4.69) is 32.9 Å². The van der Waals surface area contributed by atoms with Gasteiger partial charge in [-0.1, -0.05) is 281 Å². The second-order valence-electron chi connectivity index (χ2n) is 18.6. The lowest BCUT2D eigenvalue weighted by molar-refractivity contribution is -0.167. The number of carbonyl (C=O) groups excluding carboxylic acids is 3. The molecule has 1 atom stereocenters. The van der Waals surface area contributed by atoms with Gasteiger partial charge in [-0.05, 0) is 38.5 Å². The predicted molar refractivity (Wildman–Crippen MR) is 279 cm³/mol. The Balaban J connectivity index is 4.40. The zero-order valence-corrected chi connectivity index (χ0v) is 43.0. The first-order chi connectivity index (χ1) is 32.0. The fourth-order valence-electron chi connectivity index (χ4n) is 7.99. The molecule has 0 amide bonds. The number of allylic oxidation sites excluding steroid dienone is 10. The molecule has 0 bridgehead atoms. The van der Waals surface area contributed by atoms with E-state index in [0.29, 0.717) is 12.8 Å². The molecule has 0 aliphatic heterocycles. The van der Waals surface area contributed by atoms with E-state index in [0.717, 1.165) is 70.6 Å². The van der Waals surface area contributed by atoms with Crippen LogP contribution >= 0.6 is 0 Å². The van der Waals surface area contributed by atoms with Crippen molar-refractivity contribution in [1.82, 2.24) is 0 Å². The molecule has 1 unspecified atom stereocenters. The number of ether oxygens (including phenoxy) is 3. The van der Waals surface area contributed by atoms with Crippen LogP contribution in [0.5, 0.6) is 0 Å². The molecule has 0 N–H and O–H groups in total. The Labute approximate surface area is 402 Å². The van der Waals surface area contributed by atoms with E-state index in [1.54, 1.807) is 0 Å². The number of rotatable bonds is 50. The summed E-state index contributed by atoms with van der Waals surface area (Å²) in [7, 11) is 0. The Morgan fingerprint density at radius 2 is 0.600 bits per heavy atom. The first-order valence-electron chi connectivity index (χ1n) is 27.9. The number of carbonyl (C=O) groups is 3. The van der Waals surface area contributed by atoms with Crippen molar-refractivity contribution in [3.8, 4) is 0 Å². The SMILES string of the molecule is CC\C=C/C=C\C=C/C=C\C=C/CCCCCC(=O)OC(COC(=O)CCCCCCCCCCCCCCCCC)COC(=O)CCCCCCCCCCCCCCCCCCC. The van der Waals surface area contributed by atoms with Gasteiger partial charge < -0.3 is 14.2 Å². The van der Waals surface area contributed by atoms with Crippen LogP contribution in [-0.4, -0.2) is 37.2 Å². The highest BCUT2D eigenvalue weighted by Gasteiger charge is 2.19. The van der Waals surface area contributed by atoms with Crippen LogP contribution in [0.4, 0.5) is 0 Å². The third kappa shape index (κ3) is 51.9. The minimum atomic E-state index is -0.793. The molecule has 0 aromatic heterocycles. The summed E-state index contributed by atoms with van der Waals surface area (Å²) >= 11 is 0. The van der Waals surface area contributed by atoms with Crippen LogP contribution in [0.1, 0.15) is 278 Å². The van der Waals surface area contributed by atoms with E-state index in [1.807, 2.05) is 48.6 Å². The minimum Gasteiger partial charge on any atom is -0.462 e. The van der Waals surface area contributed by atoms with Gasteiger partial charge in [0.15, 0.2) is 6.10 Å². The van der Waals surface area contributed by atoms with Crippen LogP contribution in [0.3, 0.4) is 0 Å². The van der Waals surface area contributed by atoms with Crippen LogP contribution in [0.25, 0.3) is 0 Å². The van der Waals surface area contributed by atoms with Crippen molar-refractivity contribution < 1.29 is 28.6 Å². The molecule has 0 heterocycles. The van der Waals surface area contributed by atoms with E-state index in [1.165, 1.54) is 167 Å². The lowest BCUT2D eigenvalue weighted by Crippen LogP contribution is -2.30. The topological polar surface area (TPSA) is 78.9 Å². The Bertz CT molecular complexity index is 1180. The van der Waals surface area contributed by atoms with Crippen LogP contribution < -0.4 is 0 Å². The summed E-state index contributed by atoms with van der Waals surface area (Å²) in [4.78, 5) is 38.1. The molecule has 0 fully saturated rings. The van der Waals surface area contributed by atoms with Crippen molar-refractivity contribution in [3.05, 3.63) is 60.8 Å². The summed E-state index contributed by atoms with van der Waals surface area (Å²) in [6, 6.07) is 0. The number of hydrogen-bond donors (Lipinski definition) is 0. The van der Waals surface area contributed by atoms with Gasteiger partial charge in [-0.25, -0.2) is 0 Å². The van der Waals surface area contributed by atoms with E-state index >= 15 is 0 Å². The average molecular weight is 909 g/mol. The van der Waals surface area contributed by atoms with E-state index in [9.17, 15) is 14.4 Å². The Kier molecular flexibility index (Phi) is 51.3. The van der Waals surface area contributed by atoms with Gasteiger partial charge in [-0.15, -0.1) is 0 Å². The largest absolute Gasteiger partial charge is 0.462 e. The van der Waals surface area contributed by atoms with Crippen LogP contribution in [0.15, 0.2) is 60.8 Å². The quantitative estimate of drug-likeness (QED) is 0.0262. The number of hydrogen-bond acceptors (Lipinski definition) is 6. The van der Waals surface area contributed by atoms with E-state index < -0.39 is 6.10 Å². The number of unbranched alkanes of at least 4 members (excludes halogenated alkanes) is 33. The third-order valence-corrected chi connectivity index (χ3v) is 12.2. The molecule has 0 saturated carbocycles. The smallest absolute Gasteiger partial charge is 0.306 e. The zero-order chi connectivity index (χ0) is 47.2. The molecular formula is C59H104O6. The minimum absolute atomic E-state index is 0.0878. The second kappa shape index (κ2) is 53.7.